The van der Waals surface area contributed by atoms with Gasteiger partial charge in [-0.1, -0.05) is 37.0 Å². The number of hydrogen-bond donors (Lipinski definition) is 1. The first-order chi connectivity index (χ1) is 15.7. The molecule has 174 valence electrons. The summed E-state index contributed by atoms with van der Waals surface area (Å²) in [5, 5.41) is 5.14. The number of nitrogens with two attached hydrogens (primary N) is 1. The van der Waals surface area contributed by atoms with Gasteiger partial charge in [-0.25, -0.2) is 18.5 Å². The quantitative estimate of drug-likeness (QED) is 0.676. The average molecular weight is 470 g/mol. The van der Waals surface area contributed by atoms with Crippen molar-refractivity contribution in [1.82, 2.24) is 4.90 Å². The highest BCUT2D eigenvalue weighted by molar-refractivity contribution is 7.89. The summed E-state index contributed by atoms with van der Waals surface area (Å²) in [6, 6.07) is 11.5. The van der Waals surface area contributed by atoms with Crippen molar-refractivity contribution in [3.8, 4) is 0 Å². The maximum absolute atomic E-state index is 13.6. The van der Waals surface area contributed by atoms with Crippen LogP contribution in [0.3, 0.4) is 0 Å². The van der Waals surface area contributed by atoms with Crippen molar-refractivity contribution in [3.63, 3.8) is 0 Å². The van der Waals surface area contributed by atoms with Crippen LogP contribution in [0.15, 0.2) is 53.4 Å². The molecule has 1 atom stereocenters. The Kier molecular flexibility index (Phi) is 6.36. The number of carbonyl (C=O) groups excluding carboxylic acids is 3. The summed E-state index contributed by atoms with van der Waals surface area (Å²) in [4.78, 5) is 42.5. The number of carbonyl (C=O) groups is 3. The van der Waals surface area contributed by atoms with Crippen LogP contribution in [-0.2, 0) is 19.6 Å². The second-order valence-electron chi connectivity index (χ2n) is 8.70. The maximum Gasteiger partial charge on any atom is 0.257 e. The molecule has 1 saturated carbocycles. The molecule has 9 heteroatoms. The molecule has 1 saturated heterocycles. The van der Waals surface area contributed by atoms with Crippen molar-refractivity contribution >= 4 is 33.4 Å². The number of imide groups is 1. The molecule has 0 bridgehead atoms. The van der Waals surface area contributed by atoms with Crippen molar-refractivity contribution < 1.29 is 22.8 Å². The first-order valence-electron chi connectivity index (χ1n) is 11.1. The molecule has 2 aromatic rings. The van der Waals surface area contributed by atoms with Gasteiger partial charge in [-0.15, -0.1) is 0 Å². The van der Waals surface area contributed by atoms with Gasteiger partial charge in [0.15, 0.2) is 0 Å². The lowest BCUT2D eigenvalue weighted by Gasteiger charge is -2.37. The van der Waals surface area contributed by atoms with E-state index in [-0.39, 0.29) is 29.0 Å². The summed E-state index contributed by atoms with van der Waals surface area (Å²) >= 11 is 0. The van der Waals surface area contributed by atoms with E-state index in [1.165, 1.54) is 24.3 Å². The van der Waals surface area contributed by atoms with Crippen molar-refractivity contribution in [1.29, 1.82) is 0 Å². The molecule has 2 aliphatic rings. The fraction of sp³-hybridized carbons (Fsp3) is 0.375. The topological polar surface area (TPSA) is 118 Å². The highest BCUT2D eigenvalue weighted by Gasteiger charge is 2.46. The zero-order chi connectivity index (χ0) is 23.8. The second kappa shape index (κ2) is 9.07. The van der Waals surface area contributed by atoms with Gasteiger partial charge in [-0.05, 0) is 56.2 Å². The molecule has 1 unspecified atom stereocenters. The highest BCUT2D eigenvalue weighted by Crippen LogP contribution is 2.32. The second-order valence-corrected chi connectivity index (χ2v) is 10.3. The summed E-state index contributed by atoms with van der Waals surface area (Å²) in [7, 11) is -3.90. The van der Waals surface area contributed by atoms with Crippen LogP contribution in [0.1, 0.15) is 54.4 Å². The molecule has 2 fully saturated rings. The number of sulfonamides is 1. The molecule has 2 aromatic carbocycles. The van der Waals surface area contributed by atoms with E-state index in [1.807, 2.05) is 19.1 Å². The van der Waals surface area contributed by atoms with Crippen LogP contribution in [0, 0.1) is 6.92 Å². The lowest BCUT2D eigenvalue weighted by atomic mass is 9.92. The molecule has 8 nitrogen and oxygen atoms in total. The van der Waals surface area contributed by atoms with Crippen LogP contribution in [0.5, 0.6) is 0 Å². The first kappa shape index (κ1) is 23.1. The van der Waals surface area contributed by atoms with Crippen LogP contribution in [0.25, 0.3) is 0 Å². The Balaban J connectivity index is 1.67. The Morgan fingerprint density at radius 3 is 2.30 bits per heavy atom. The molecular formula is C24H27N3O5S. The Labute approximate surface area is 193 Å². The van der Waals surface area contributed by atoms with Crippen molar-refractivity contribution in [3.05, 3.63) is 59.7 Å². The van der Waals surface area contributed by atoms with Crippen LogP contribution in [-0.4, -0.2) is 43.1 Å². The molecular weight excluding hydrogens is 442 g/mol. The number of primary sulfonamides is 1. The van der Waals surface area contributed by atoms with E-state index in [0.717, 1.165) is 42.6 Å². The Morgan fingerprint density at radius 1 is 1.03 bits per heavy atom. The van der Waals surface area contributed by atoms with Crippen molar-refractivity contribution in [2.24, 2.45) is 5.14 Å². The predicted octanol–water partition coefficient (Wildman–Crippen LogP) is 2.75. The summed E-state index contributed by atoms with van der Waals surface area (Å²) in [5.41, 5.74) is 1.69. The largest absolute Gasteiger partial charge is 0.323 e. The third-order valence-corrected chi connectivity index (χ3v) is 7.28. The predicted molar refractivity (Wildman–Crippen MR) is 123 cm³/mol. The fourth-order valence-corrected chi connectivity index (χ4v) is 5.25. The summed E-state index contributed by atoms with van der Waals surface area (Å²) in [6.07, 6.45) is 4.50. The number of amides is 3. The van der Waals surface area contributed by atoms with Gasteiger partial charge in [0.2, 0.25) is 15.9 Å². The van der Waals surface area contributed by atoms with E-state index in [0.29, 0.717) is 5.56 Å². The summed E-state index contributed by atoms with van der Waals surface area (Å²) in [5.74, 6) is -1.15. The smallest absolute Gasteiger partial charge is 0.257 e. The minimum absolute atomic E-state index is 0.107. The fourth-order valence-electron chi connectivity index (χ4n) is 4.74. The molecule has 4 rings (SSSR count). The van der Waals surface area contributed by atoms with Crippen LogP contribution >= 0.6 is 0 Å². The number of anilines is 1. The minimum Gasteiger partial charge on any atom is -0.323 e. The van der Waals surface area contributed by atoms with Gasteiger partial charge in [0.1, 0.15) is 6.04 Å². The van der Waals surface area contributed by atoms with E-state index >= 15 is 0 Å². The standard InChI is InChI=1S/C24H27N3O5S/c1-16-6-5-7-17(14-16)23(29)26(18-8-3-2-4-9-18)21-15-22(28)27(24(21)30)19-10-12-20(13-11-19)33(25,31)32/h5-7,10-14,18,21H,2-4,8-9,15H2,1H3,(H2,25,31,32). The summed E-state index contributed by atoms with van der Waals surface area (Å²) in [6.45, 7) is 1.90. The molecule has 33 heavy (non-hydrogen) atoms. The summed E-state index contributed by atoms with van der Waals surface area (Å²) < 4.78 is 23.1. The number of aryl methyl sites for hydroxylation is 1. The lowest BCUT2D eigenvalue weighted by Crippen LogP contribution is -2.51. The molecule has 1 aliphatic carbocycles. The Morgan fingerprint density at radius 2 is 1.70 bits per heavy atom. The number of benzene rings is 2. The zero-order valence-corrected chi connectivity index (χ0v) is 19.3. The molecule has 0 radical (unpaired) electrons. The SMILES string of the molecule is Cc1cccc(C(=O)N(C2CCCCC2)C2CC(=O)N(c3ccc(S(N)(=O)=O)cc3)C2=O)c1. The van der Waals surface area contributed by atoms with Crippen LogP contribution in [0.4, 0.5) is 5.69 Å². The molecule has 1 aliphatic heterocycles. The van der Waals surface area contributed by atoms with Crippen LogP contribution < -0.4 is 10.0 Å². The van der Waals surface area contributed by atoms with Gasteiger partial charge in [0, 0.05) is 11.6 Å². The number of nitrogens with zero attached hydrogens (tertiary/aromatic N) is 2. The molecule has 0 aromatic heterocycles. The third-order valence-electron chi connectivity index (χ3n) is 6.35. The molecule has 2 N–H and O–H groups in total. The first-order valence-corrected chi connectivity index (χ1v) is 12.6. The van der Waals surface area contributed by atoms with E-state index < -0.39 is 27.9 Å². The van der Waals surface area contributed by atoms with E-state index in [4.69, 9.17) is 5.14 Å². The van der Waals surface area contributed by atoms with E-state index in [9.17, 15) is 22.8 Å². The molecule has 1 heterocycles. The number of hydrogen-bond acceptors (Lipinski definition) is 5. The minimum atomic E-state index is -3.90. The van der Waals surface area contributed by atoms with Gasteiger partial charge < -0.3 is 4.90 Å². The van der Waals surface area contributed by atoms with Gasteiger partial charge in [0.05, 0.1) is 17.0 Å². The highest BCUT2D eigenvalue weighted by atomic mass is 32.2. The molecule has 0 spiro atoms. The van der Waals surface area contributed by atoms with Crippen LogP contribution in [0.2, 0.25) is 0 Å². The lowest BCUT2D eigenvalue weighted by molar-refractivity contribution is -0.123. The van der Waals surface area contributed by atoms with Gasteiger partial charge in [0.25, 0.3) is 11.8 Å². The van der Waals surface area contributed by atoms with Crippen molar-refractivity contribution in [2.75, 3.05) is 4.90 Å². The third kappa shape index (κ3) is 4.69. The van der Waals surface area contributed by atoms with Gasteiger partial charge in [-0.3, -0.25) is 14.4 Å². The van der Waals surface area contributed by atoms with E-state index in [1.54, 1.807) is 17.0 Å². The van der Waals surface area contributed by atoms with E-state index in [2.05, 4.69) is 0 Å². The average Bonchev–Trinajstić information content (AvgIpc) is 3.07. The van der Waals surface area contributed by atoms with Gasteiger partial charge >= 0.3 is 0 Å². The Hall–Kier alpha value is -3.04. The Bertz CT molecular complexity index is 1190. The number of rotatable bonds is 5. The monoisotopic (exact) mass is 469 g/mol. The molecule has 3 amide bonds. The normalized spacial score (nSPS) is 19.7. The van der Waals surface area contributed by atoms with Crippen molar-refractivity contribution in [2.45, 2.75) is 62.4 Å². The van der Waals surface area contributed by atoms with Gasteiger partial charge in [-0.2, -0.15) is 0 Å². The zero-order valence-electron chi connectivity index (χ0n) is 18.4. The maximum atomic E-state index is 13.6.